The molecule has 0 bridgehead atoms. The van der Waals surface area contributed by atoms with Gasteiger partial charge in [0.05, 0.1) is 0 Å². The SMILES string of the molecule is NC1CCN(C(=O)NC2CCC2)C1. The summed E-state index contributed by atoms with van der Waals surface area (Å²) in [5.74, 6) is 0. The first-order chi connectivity index (χ1) is 6.25. The first-order valence-electron chi connectivity index (χ1n) is 5.07. The molecule has 1 saturated carbocycles. The van der Waals surface area contributed by atoms with Gasteiger partial charge in [0.1, 0.15) is 0 Å². The van der Waals surface area contributed by atoms with E-state index in [4.69, 9.17) is 5.73 Å². The van der Waals surface area contributed by atoms with Crippen LogP contribution in [0.5, 0.6) is 0 Å². The molecule has 4 heteroatoms. The molecule has 2 rings (SSSR count). The van der Waals surface area contributed by atoms with Crippen LogP contribution in [0.4, 0.5) is 4.79 Å². The van der Waals surface area contributed by atoms with E-state index >= 15 is 0 Å². The Morgan fingerprint density at radius 2 is 2.15 bits per heavy atom. The Balaban J connectivity index is 1.76. The molecule has 4 nitrogen and oxygen atoms in total. The summed E-state index contributed by atoms with van der Waals surface area (Å²) in [4.78, 5) is 13.4. The van der Waals surface area contributed by atoms with Crippen LogP contribution in [0.1, 0.15) is 25.7 Å². The summed E-state index contributed by atoms with van der Waals surface area (Å²) in [6.07, 6.45) is 4.49. The van der Waals surface area contributed by atoms with Crippen molar-refractivity contribution < 1.29 is 4.79 Å². The number of hydrogen-bond acceptors (Lipinski definition) is 2. The summed E-state index contributed by atoms with van der Waals surface area (Å²) < 4.78 is 0. The molecule has 1 aliphatic carbocycles. The average Bonchev–Trinajstić information content (AvgIpc) is 2.44. The maximum atomic E-state index is 11.6. The third-order valence-electron chi connectivity index (χ3n) is 2.94. The molecule has 0 aromatic heterocycles. The smallest absolute Gasteiger partial charge is 0.317 e. The standard InChI is InChI=1S/C9H17N3O/c10-7-4-5-12(6-7)9(13)11-8-2-1-3-8/h7-8H,1-6,10H2,(H,11,13). The zero-order valence-corrected chi connectivity index (χ0v) is 7.83. The fourth-order valence-electron chi connectivity index (χ4n) is 1.79. The maximum absolute atomic E-state index is 11.6. The number of likely N-dealkylation sites (tertiary alicyclic amines) is 1. The lowest BCUT2D eigenvalue weighted by molar-refractivity contribution is 0.196. The average molecular weight is 183 g/mol. The minimum atomic E-state index is 0.0812. The van der Waals surface area contributed by atoms with Crippen molar-refractivity contribution in [1.29, 1.82) is 0 Å². The van der Waals surface area contributed by atoms with Crippen LogP contribution in [0.15, 0.2) is 0 Å². The maximum Gasteiger partial charge on any atom is 0.317 e. The van der Waals surface area contributed by atoms with Crippen LogP contribution in [-0.4, -0.2) is 36.1 Å². The zero-order valence-electron chi connectivity index (χ0n) is 7.83. The first kappa shape index (κ1) is 8.81. The van der Waals surface area contributed by atoms with Gasteiger partial charge in [-0.25, -0.2) is 4.79 Å². The summed E-state index contributed by atoms with van der Waals surface area (Å²) in [7, 11) is 0. The number of carbonyl (C=O) groups excluding carboxylic acids is 1. The minimum absolute atomic E-state index is 0.0812. The first-order valence-corrected chi connectivity index (χ1v) is 5.07. The third-order valence-corrected chi connectivity index (χ3v) is 2.94. The Morgan fingerprint density at radius 1 is 1.38 bits per heavy atom. The van der Waals surface area contributed by atoms with E-state index in [0.29, 0.717) is 6.04 Å². The number of nitrogens with zero attached hydrogens (tertiary/aromatic N) is 1. The lowest BCUT2D eigenvalue weighted by Gasteiger charge is -2.28. The molecule has 3 N–H and O–H groups in total. The van der Waals surface area contributed by atoms with Gasteiger partial charge >= 0.3 is 6.03 Å². The van der Waals surface area contributed by atoms with Crippen LogP contribution < -0.4 is 11.1 Å². The number of urea groups is 1. The van der Waals surface area contributed by atoms with Gasteiger partial charge in [0.2, 0.25) is 0 Å². The van der Waals surface area contributed by atoms with Gasteiger partial charge in [-0.2, -0.15) is 0 Å². The van der Waals surface area contributed by atoms with Gasteiger partial charge in [-0.15, -0.1) is 0 Å². The van der Waals surface area contributed by atoms with Crippen molar-refractivity contribution in [3.05, 3.63) is 0 Å². The van der Waals surface area contributed by atoms with Crippen molar-refractivity contribution in [2.45, 2.75) is 37.8 Å². The van der Waals surface area contributed by atoms with E-state index in [1.807, 2.05) is 4.90 Å². The van der Waals surface area contributed by atoms with Crippen LogP contribution in [0.2, 0.25) is 0 Å². The number of rotatable bonds is 1. The van der Waals surface area contributed by atoms with Crippen molar-refractivity contribution in [3.8, 4) is 0 Å². The van der Waals surface area contributed by atoms with Gasteiger partial charge in [-0.1, -0.05) is 0 Å². The molecule has 1 unspecified atom stereocenters. The molecule has 2 amide bonds. The molecule has 2 fully saturated rings. The summed E-state index contributed by atoms with van der Waals surface area (Å²) in [5.41, 5.74) is 5.72. The Kier molecular flexibility index (Phi) is 2.40. The highest BCUT2D eigenvalue weighted by atomic mass is 16.2. The molecule has 0 spiro atoms. The molecule has 1 saturated heterocycles. The van der Waals surface area contributed by atoms with E-state index in [0.717, 1.165) is 32.4 Å². The van der Waals surface area contributed by atoms with E-state index < -0.39 is 0 Å². The molecular weight excluding hydrogens is 166 g/mol. The molecule has 74 valence electrons. The highest BCUT2D eigenvalue weighted by Gasteiger charge is 2.26. The van der Waals surface area contributed by atoms with Crippen LogP contribution in [-0.2, 0) is 0 Å². The molecule has 1 aliphatic heterocycles. The molecule has 1 atom stereocenters. The highest BCUT2D eigenvalue weighted by Crippen LogP contribution is 2.18. The predicted octanol–water partition coefficient (Wildman–Crippen LogP) is 0.281. The van der Waals surface area contributed by atoms with Gasteiger partial charge in [0, 0.05) is 25.2 Å². The van der Waals surface area contributed by atoms with Crippen molar-refractivity contribution in [3.63, 3.8) is 0 Å². The zero-order chi connectivity index (χ0) is 9.26. The Bertz CT molecular complexity index is 203. The van der Waals surface area contributed by atoms with E-state index in [9.17, 15) is 4.79 Å². The Hall–Kier alpha value is -0.770. The van der Waals surface area contributed by atoms with Crippen molar-refractivity contribution in [1.82, 2.24) is 10.2 Å². The van der Waals surface area contributed by atoms with Gasteiger partial charge in [-0.3, -0.25) is 0 Å². The van der Waals surface area contributed by atoms with E-state index in [1.165, 1.54) is 6.42 Å². The monoisotopic (exact) mass is 183 g/mol. The van der Waals surface area contributed by atoms with E-state index in [-0.39, 0.29) is 12.1 Å². The van der Waals surface area contributed by atoms with Crippen LogP contribution >= 0.6 is 0 Å². The van der Waals surface area contributed by atoms with Crippen molar-refractivity contribution in [2.75, 3.05) is 13.1 Å². The summed E-state index contributed by atoms with van der Waals surface area (Å²) >= 11 is 0. The molecule has 1 heterocycles. The topological polar surface area (TPSA) is 58.4 Å². The van der Waals surface area contributed by atoms with Crippen LogP contribution in [0.25, 0.3) is 0 Å². The minimum Gasteiger partial charge on any atom is -0.335 e. The lowest BCUT2D eigenvalue weighted by Crippen LogP contribution is -2.47. The quantitative estimate of drug-likeness (QED) is 0.613. The summed E-state index contributed by atoms with van der Waals surface area (Å²) in [6, 6.07) is 0.703. The second-order valence-corrected chi connectivity index (χ2v) is 4.07. The fraction of sp³-hybridized carbons (Fsp3) is 0.889. The highest BCUT2D eigenvalue weighted by molar-refractivity contribution is 5.75. The predicted molar refractivity (Wildman–Crippen MR) is 50.3 cm³/mol. The molecular formula is C9H17N3O. The molecule has 2 aliphatic rings. The molecule has 0 aromatic carbocycles. The molecule has 0 radical (unpaired) electrons. The second kappa shape index (κ2) is 3.54. The summed E-state index contributed by atoms with van der Waals surface area (Å²) in [6.45, 7) is 1.54. The van der Waals surface area contributed by atoms with Crippen molar-refractivity contribution >= 4 is 6.03 Å². The second-order valence-electron chi connectivity index (χ2n) is 4.07. The number of amides is 2. The Labute approximate surface area is 78.5 Å². The van der Waals surface area contributed by atoms with Gasteiger partial charge in [0.15, 0.2) is 0 Å². The number of hydrogen-bond donors (Lipinski definition) is 2. The van der Waals surface area contributed by atoms with E-state index in [2.05, 4.69) is 5.32 Å². The van der Waals surface area contributed by atoms with Gasteiger partial charge in [-0.05, 0) is 25.7 Å². The third kappa shape index (κ3) is 1.94. The van der Waals surface area contributed by atoms with Crippen LogP contribution in [0, 0.1) is 0 Å². The number of carbonyl (C=O) groups is 1. The lowest BCUT2D eigenvalue weighted by atomic mass is 9.93. The van der Waals surface area contributed by atoms with E-state index in [1.54, 1.807) is 0 Å². The van der Waals surface area contributed by atoms with Crippen molar-refractivity contribution in [2.24, 2.45) is 5.73 Å². The van der Waals surface area contributed by atoms with Crippen LogP contribution in [0.3, 0.4) is 0 Å². The molecule has 0 aromatic rings. The number of nitrogens with one attached hydrogen (secondary N) is 1. The van der Waals surface area contributed by atoms with Gasteiger partial charge < -0.3 is 16.0 Å². The van der Waals surface area contributed by atoms with Gasteiger partial charge in [0.25, 0.3) is 0 Å². The number of nitrogens with two attached hydrogens (primary N) is 1. The fourth-order valence-corrected chi connectivity index (χ4v) is 1.79. The Morgan fingerprint density at radius 3 is 2.62 bits per heavy atom. The molecule has 13 heavy (non-hydrogen) atoms. The summed E-state index contributed by atoms with van der Waals surface area (Å²) in [5, 5.41) is 3.01. The largest absolute Gasteiger partial charge is 0.335 e. The normalized spacial score (nSPS) is 28.7.